The molecule has 0 saturated carbocycles. The van der Waals surface area contributed by atoms with Gasteiger partial charge in [0.25, 0.3) is 5.91 Å². The van der Waals surface area contributed by atoms with Crippen LogP contribution in [-0.4, -0.2) is 19.1 Å². The lowest BCUT2D eigenvalue weighted by Gasteiger charge is -2.17. The molecule has 0 bridgehead atoms. The number of methoxy groups -OCH3 is 1. The maximum Gasteiger partial charge on any atom is 0.261 e. The molecule has 1 unspecified atom stereocenters. The van der Waals surface area contributed by atoms with Gasteiger partial charge >= 0.3 is 0 Å². The molecule has 24 heavy (non-hydrogen) atoms. The number of amides is 1. The van der Waals surface area contributed by atoms with Crippen LogP contribution in [0.3, 0.4) is 0 Å². The van der Waals surface area contributed by atoms with Crippen molar-refractivity contribution in [3.05, 3.63) is 59.7 Å². The summed E-state index contributed by atoms with van der Waals surface area (Å²) in [6, 6.07) is 15.5. The molecule has 0 saturated heterocycles. The lowest BCUT2D eigenvalue weighted by molar-refractivity contribution is -0.128. The Bertz CT molecular complexity index is 652. The lowest BCUT2D eigenvalue weighted by Crippen LogP contribution is -2.37. The van der Waals surface area contributed by atoms with Gasteiger partial charge in [-0.05, 0) is 48.2 Å². The van der Waals surface area contributed by atoms with E-state index in [1.54, 1.807) is 7.11 Å². The highest BCUT2D eigenvalue weighted by Gasteiger charge is 2.18. The quantitative estimate of drug-likeness (QED) is 0.803. The Balaban J connectivity index is 1.92. The minimum Gasteiger partial charge on any atom is -0.497 e. The van der Waals surface area contributed by atoms with E-state index in [9.17, 15) is 4.79 Å². The van der Waals surface area contributed by atoms with Crippen LogP contribution in [0.25, 0.3) is 0 Å². The second-order valence-electron chi connectivity index (χ2n) is 5.58. The Morgan fingerprint density at radius 3 is 2.42 bits per heavy atom. The van der Waals surface area contributed by atoms with Crippen LogP contribution in [-0.2, 0) is 17.8 Å². The molecule has 4 heteroatoms. The molecule has 0 aliphatic rings. The molecule has 4 nitrogen and oxygen atoms in total. The van der Waals surface area contributed by atoms with E-state index in [2.05, 4.69) is 12.2 Å². The van der Waals surface area contributed by atoms with Crippen LogP contribution in [0.4, 0.5) is 0 Å². The number of rotatable bonds is 8. The zero-order valence-electron chi connectivity index (χ0n) is 14.5. The van der Waals surface area contributed by atoms with Gasteiger partial charge in [0.15, 0.2) is 6.10 Å². The SMILES string of the molecule is CCc1ccc(OC(CC)C(=O)NCc2cccc(OC)c2)cc1. The van der Waals surface area contributed by atoms with Crippen LogP contribution in [0, 0.1) is 0 Å². The molecule has 0 radical (unpaired) electrons. The van der Waals surface area contributed by atoms with Crippen molar-refractivity contribution in [3.8, 4) is 11.5 Å². The van der Waals surface area contributed by atoms with Crippen LogP contribution >= 0.6 is 0 Å². The normalized spacial score (nSPS) is 11.6. The fraction of sp³-hybridized carbons (Fsp3) is 0.350. The predicted molar refractivity (Wildman–Crippen MR) is 95.4 cm³/mol. The van der Waals surface area contributed by atoms with Crippen molar-refractivity contribution in [1.29, 1.82) is 0 Å². The Morgan fingerprint density at radius 1 is 1.04 bits per heavy atom. The smallest absolute Gasteiger partial charge is 0.261 e. The fourth-order valence-electron chi connectivity index (χ4n) is 2.38. The molecule has 0 aromatic heterocycles. The van der Waals surface area contributed by atoms with Crippen LogP contribution in [0.5, 0.6) is 11.5 Å². The Hall–Kier alpha value is -2.49. The number of nitrogens with one attached hydrogen (secondary N) is 1. The van der Waals surface area contributed by atoms with Crippen molar-refractivity contribution in [2.24, 2.45) is 0 Å². The standard InChI is InChI=1S/C20H25NO3/c1-4-15-9-11-17(12-10-15)24-19(5-2)20(22)21-14-16-7-6-8-18(13-16)23-3/h6-13,19H,4-5,14H2,1-3H3,(H,21,22). The molecule has 0 aliphatic heterocycles. The second kappa shape index (κ2) is 8.96. The van der Waals surface area contributed by atoms with Gasteiger partial charge in [0.1, 0.15) is 11.5 Å². The second-order valence-corrected chi connectivity index (χ2v) is 5.58. The van der Waals surface area contributed by atoms with Gasteiger partial charge in [0, 0.05) is 6.54 Å². The van der Waals surface area contributed by atoms with Crippen molar-refractivity contribution in [2.75, 3.05) is 7.11 Å². The summed E-state index contributed by atoms with van der Waals surface area (Å²) in [5, 5.41) is 2.92. The molecule has 0 heterocycles. The molecule has 0 aliphatic carbocycles. The number of carbonyl (C=O) groups excluding carboxylic acids is 1. The molecule has 1 N–H and O–H groups in total. The maximum atomic E-state index is 12.4. The molecular weight excluding hydrogens is 302 g/mol. The van der Waals surface area contributed by atoms with Crippen LogP contribution < -0.4 is 14.8 Å². The molecule has 1 atom stereocenters. The third-order valence-electron chi connectivity index (χ3n) is 3.87. The summed E-state index contributed by atoms with van der Waals surface area (Å²) in [6.07, 6.45) is 1.10. The van der Waals surface area contributed by atoms with E-state index < -0.39 is 6.10 Å². The Morgan fingerprint density at radius 2 is 1.79 bits per heavy atom. The zero-order valence-corrected chi connectivity index (χ0v) is 14.5. The highest BCUT2D eigenvalue weighted by Crippen LogP contribution is 2.16. The lowest BCUT2D eigenvalue weighted by atomic mass is 10.1. The summed E-state index contributed by atoms with van der Waals surface area (Å²) in [4.78, 5) is 12.4. The number of hydrogen-bond acceptors (Lipinski definition) is 3. The van der Waals surface area contributed by atoms with Gasteiger partial charge in [-0.3, -0.25) is 4.79 Å². The van der Waals surface area contributed by atoms with E-state index in [4.69, 9.17) is 9.47 Å². The Labute approximate surface area is 143 Å². The molecular formula is C20H25NO3. The Kier molecular flexibility index (Phi) is 6.67. The van der Waals surface area contributed by atoms with Crippen molar-refractivity contribution in [1.82, 2.24) is 5.32 Å². The van der Waals surface area contributed by atoms with E-state index in [0.29, 0.717) is 13.0 Å². The highest BCUT2D eigenvalue weighted by molar-refractivity contribution is 5.81. The fourth-order valence-corrected chi connectivity index (χ4v) is 2.38. The minimum atomic E-state index is -0.497. The van der Waals surface area contributed by atoms with Gasteiger partial charge < -0.3 is 14.8 Å². The molecule has 0 spiro atoms. The number of aryl methyl sites for hydroxylation is 1. The van der Waals surface area contributed by atoms with Crippen LogP contribution in [0.1, 0.15) is 31.4 Å². The summed E-state index contributed by atoms with van der Waals surface area (Å²) in [5.74, 6) is 1.39. The van der Waals surface area contributed by atoms with Gasteiger partial charge in [-0.15, -0.1) is 0 Å². The summed E-state index contributed by atoms with van der Waals surface area (Å²) < 4.78 is 11.0. The average Bonchev–Trinajstić information content (AvgIpc) is 2.64. The van der Waals surface area contributed by atoms with Crippen LogP contribution in [0.15, 0.2) is 48.5 Å². The van der Waals surface area contributed by atoms with E-state index in [-0.39, 0.29) is 5.91 Å². The first kappa shape index (κ1) is 17.9. The van der Waals surface area contributed by atoms with Crippen molar-refractivity contribution < 1.29 is 14.3 Å². The molecule has 2 aromatic rings. The summed E-state index contributed by atoms with van der Waals surface area (Å²) in [5.41, 5.74) is 2.24. The van der Waals surface area contributed by atoms with Crippen molar-refractivity contribution in [3.63, 3.8) is 0 Å². The molecule has 2 rings (SSSR count). The summed E-state index contributed by atoms with van der Waals surface area (Å²) in [7, 11) is 1.63. The topological polar surface area (TPSA) is 47.6 Å². The number of hydrogen-bond donors (Lipinski definition) is 1. The molecule has 128 valence electrons. The number of ether oxygens (including phenoxy) is 2. The van der Waals surface area contributed by atoms with Gasteiger partial charge in [-0.2, -0.15) is 0 Å². The molecule has 2 aromatic carbocycles. The highest BCUT2D eigenvalue weighted by atomic mass is 16.5. The first-order chi connectivity index (χ1) is 11.7. The first-order valence-corrected chi connectivity index (χ1v) is 8.32. The third kappa shape index (κ3) is 5.01. The largest absolute Gasteiger partial charge is 0.497 e. The van der Waals surface area contributed by atoms with Crippen LogP contribution in [0.2, 0.25) is 0 Å². The molecule has 0 fully saturated rings. The third-order valence-corrected chi connectivity index (χ3v) is 3.87. The number of benzene rings is 2. The van der Waals surface area contributed by atoms with Crippen molar-refractivity contribution in [2.45, 2.75) is 39.3 Å². The van der Waals surface area contributed by atoms with E-state index in [1.807, 2.05) is 55.5 Å². The molecule has 1 amide bonds. The van der Waals surface area contributed by atoms with E-state index in [1.165, 1.54) is 5.56 Å². The summed E-state index contributed by atoms with van der Waals surface area (Å²) >= 11 is 0. The van der Waals surface area contributed by atoms with Gasteiger partial charge in [-0.1, -0.05) is 38.1 Å². The summed E-state index contributed by atoms with van der Waals surface area (Å²) in [6.45, 7) is 4.50. The zero-order chi connectivity index (χ0) is 17.4. The van der Waals surface area contributed by atoms with Crippen molar-refractivity contribution >= 4 is 5.91 Å². The minimum absolute atomic E-state index is 0.111. The van der Waals surface area contributed by atoms with E-state index >= 15 is 0 Å². The number of carbonyl (C=O) groups is 1. The maximum absolute atomic E-state index is 12.4. The van der Waals surface area contributed by atoms with E-state index in [0.717, 1.165) is 23.5 Å². The first-order valence-electron chi connectivity index (χ1n) is 8.32. The monoisotopic (exact) mass is 327 g/mol. The average molecular weight is 327 g/mol. The van der Waals surface area contributed by atoms with Gasteiger partial charge in [0.2, 0.25) is 0 Å². The van der Waals surface area contributed by atoms with Gasteiger partial charge in [-0.25, -0.2) is 0 Å². The van der Waals surface area contributed by atoms with Gasteiger partial charge in [0.05, 0.1) is 7.11 Å². The predicted octanol–water partition coefficient (Wildman–Crippen LogP) is 3.73.